The van der Waals surface area contributed by atoms with Gasteiger partial charge in [0.2, 0.25) is 11.9 Å². The number of nitrogens with one attached hydrogen (secondary N) is 5. The maximum Gasteiger partial charge on any atom is 0.338 e. The van der Waals surface area contributed by atoms with E-state index in [4.69, 9.17) is 0 Å². The Morgan fingerprint density at radius 3 is 2.50 bits per heavy atom. The first-order valence-electron chi connectivity index (χ1n) is 12.7. The van der Waals surface area contributed by atoms with E-state index in [0.29, 0.717) is 41.2 Å². The van der Waals surface area contributed by atoms with Crippen molar-refractivity contribution in [2.45, 2.75) is 18.5 Å². The number of imide groups is 2. The summed E-state index contributed by atoms with van der Waals surface area (Å²) in [6, 6.07) is 4.31. The third-order valence-corrected chi connectivity index (χ3v) is 8.58. The van der Waals surface area contributed by atoms with Crippen LogP contribution in [-0.4, -0.2) is 92.3 Å². The van der Waals surface area contributed by atoms with Crippen LogP contribution < -0.4 is 31.5 Å². The molecule has 220 valence electrons. The monoisotopic (exact) mass is 677 g/mol. The molecule has 2 unspecified atom stereocenters. The van der Waals surface area contributed by atoms with Crippen molar-refractivity contribution in [3.05, 3.63) is 34.9 Å². The summed E-state index contributed by atoms with van der Waals surface area (Å²) in [6.45, 7) is 0.486. The smallest absolute Gasteiger partial charge is 0.338 e. The second kappa shape index (κ2) is 13.0. The number of anilines is 4. The lowest BCUT2D eigenvalue weighted by Gasteiger charge is -2.19. The van der Waals surface area contributed by atoms with Gasteiger partial charge in [0, 0.05) is 36.5 Å². The largest absolute Gasteiger partial charge is 0.369 e. The average molecular weight is 679 g/mol. The molecule has 3 saturated heterocycles. The number of urea groups is 1. The fourth-order valence-electron chi connectivity index (χ4n) is 4.19. The minimum absolute atomic E-state index is 0.191. The second-order valence-corrected chi connectivity index (χ2v) is 12.0. The molecule has 0 bridgehead atoms. The van der Waals surface area contributed by atoms with Gasteiger partial charge >= 0.3 is 6.03 Å². The first-order valence-corrected chi connectivity index (χ1v) is 15.4. The number of benzene rings is 1. The van der Waals surface area contributed by atoms with Gasteiger partial charge in [0.25, 0.3) is 22.3 Å². The highest BCUT2D eigenvalue weighted by Gasteiger charge is 2.44. The van der Waals surface area contributed by atoms with E-state index in [1.807, 2.05) is 0 Å². The number of halogens is 1. The molecular formula is C24H24BrN9O6S2. The molecule has 2 aromatic rings. The molecule has 3 aliphatic heterocycles. The Labute approximate surface area is 255 Å². The standard InChI is InChI=1S/C24H24BrN9O6S2/c25-14-8-28-21(32-18(14)26-5-2-6-27-19(36)15-10-41-22(38)30-15)29-12-3-1-4-13(7-12)34-17(35)9-33(24(34)40)20(37)16-11-42-23(39)31-16/h1,3-4,7-8,15-16H,2,5-6,9-11H2,(H,27,36)(H,30,38)(H,31,39)(H2,26,28,29,32). The number of hydrogen-bond donors (Lipinski definition) is 5. The Kier molecular flexibility index (Phi) is 9.12. The van der Waals surface area contributed by atoms with Crippen molar-refractivity contribution in [3.8, 4) is 0 Å². The zero-order valence-corrected chi connectivity index (χ0v) is 24.9. The van der Waals surface area contributed by atoms with Crippen LogP contribution in [-0.2, 0) is 14.4 Å². The lowest BCUT2D eigenvalue weighted by atomic mass is 10.2. The molecule has 3 aliphatic rings. The van der Waals surface area contributed by atoms with Crippen molar-refractivity contribution in [2.75, 3.05) is 46.7 Å². The van der Waals surface area contributed by atoms with E-state index in [9.17, 15) is 28.8 Å². The number of carbonyl (C=O) groups is 6. The van der Waals surface area contributed by atoms with Crippen LogP contribution in [0.5, 0.6) is 0 Å². The third-order valence-electron chi connectivity index (χ3n) is 6.24. The Morgan fingerprint density at radius 2 is 1.79 bits per heavy atom. The van der Waals surface area contributed by atoms with Gasteiger partial charge in [0.05, 0.1) is 10.2 Å². The second-order valence-electron chi connectivity index (χ2n) is 9.16. The number of aromatic nitrogens is 2. The Hall–Kier alpha value is -3.90. The van der Waals surface area contributed by atoms with Crippen molar-refractivity contribution in [3.63, 3.8) is 0 Å². The molecule has 1 aromatic carbocycles. The average Bonchev–Trinajstić information content (AvgIpc) is 3.68. The van der Waals surface area contributed by atoms with Crippen LogP contribution in [0.4, 0.5) is 37.5 Å². The predicted molar refractivity (Wildman–Crippen MR) is 160 cm³/mol. The van der Waals surface area contributed by atoms with E-state index in [0.717, 1.165) is 33.3 Å². The van der Waals surface area contributed by atoms with Crippen LogP contribution in [0.3, 0.4) is 0 Å². The zero-order chi connectivity index (χ0) is 29.8. The summed E-state index contributed by atoms with van der Waals surface area (Å²) in [5.41, 5.74) is 0.744. The number of nitrogens with zero attached hydrogens (tertiary/aromatic N) is 4. The summed E-state index contributed by atoms with van der Waals surface area (Å²) in [7, 11) is 0. The van der Waals surface area contributed by atoms with Crippen molar-refractivity contribution in [1.82, 2.24) is 30.8 Å². The quantitative estimate of drug-likeness (QED) is 0.181. The molecule has 0 aliphatic carbocycles. The van der Waals surface area contributed by atoms with Crippen LogP contribution in [0.15, 0.2) is 34.9 Å². The number of carbonyl (C=O) groups excluding carboxylic acids is 6. The minimum atomic E-state index is -0.858. The lowest BCUT2D eigenvalue weighted by Crippen LogP contribution is -2.47. The molecule has 3 fully saturated rings. The van der Waals surface area contributed by atoms with Gasteiger partial charge in [-0.3, -0.25) is 28.9 Å². The molecule has 18 heteroatoms. The summed E-state index contributed by atoms with van der Waals surface area (Å²) in [6.07, 6.45) is 2.16. The highest BCUT2D eigenvalue weighted by molar-refractivity contribution is 9.10. The van der Waals surface area contributed by atoms with E-state index >= 15 is 0 Å². The molecule has 5 N–H and O–H groups in total. The molecule has 42 heavy (non-hydrogen) atoms. The molecule has 0 radical (unpaired) electrons. The normalized spacial score (nSPS) is 20.0. The molecule has 15 nitrogen and oxygen atoms in total. The summed E-state index contributed by atoms with van der Waals surface area (Å²) >= 11 is 5.44. The predicted octanol–water partition coefficient (Wildman–Crippen LogP) is 1.85. The molecule has 0 saturated carbocycles. The van der Waals surface area contributed by atoms with Gasteiger partial charge in [-0.1, -0.05) is 29.6 Å². The van der Waals surface area contributed by atoms with Crippen LogP contribution in [0.25, 0.3) is 0 Å². The number of rotatable bonds is 10. The molecule has 0 spiro atoms. The maximum atomic E-state index is 13.0. The van der Waals surface area contributed by atoms with Crippen LogP contribution in [0.1, 0.15) is 6.42 Å². The van der Waals surface area contributed by atoms with E-state index in [1.165, 1.54) is 0 Å². The van der Waals surface area contributed by atoms with Gasteiger partial charge in [-0.15, -0.1) is 0 Å². The lowest BCUT2D eigenvalue weighted by molar-refractivity contribution is -0.131. The van der Waals surface area contributed by atoms with Gasteiger partial charge in [0.15, 0.2) is 0 Å². The zero-order valence-electron chi connectivity index (χ0n) is 21.7. The van der Waals surface area contributed by atoms with Gasteiger partial charge in [-0.05, 0) is 40.5 Å². The third kappa shape index (κ3) is 6.76. The Balaban J connectivity index is 1.16. The molecule has 1 aromatic heterocycles. The highest BCUT2D eigenvalue weighted by Crippen LogP contribution is 2.28. The van der Waals surface area contributed by atoms with Crippen LogP contribution >= 0.6 is 39.5 Å². The van der Waals surface area contributed by atoms with E-state index in [1.54, 1.807) is 30.5 Å². The molecule has 7 amide bonds. The summed E-state index contributed by atoms with van der Waals surface area (Å²) in [5.74, 6) is -0.0674. The number of amides is 7. The summed E-state index contributed by atoms with van der Waals surface area (Å²) in [5, 5.41) is 13.5. The molecular weight excluding hydrogens is 654 g/mol. The number of thioether (sulfide) groups is 2. The van der Waals surface area contributed by atoms with Gasteiger partial charge in [-0.2, -0.15) is 4.98 Å². The van der Waals surface area contributed by atoms with Gasteiger partial charge in [-0.25, -0.2) is 14.7 Å². The number of hydrogen-bond acceptors (Lipinski definition) is 12. The fourth-order valence-corrected chi connectivity index (χ4v) is 6.07. The Morgan fingerprint density at radius 1 is 1.05 bits per heavy atom. The fraction of sp³-hybridized carbons (Fsp3) is 0.333. The van der Waals surface area contributed by atoms with Crippen LogP contribution in [0.2, 0.25) is 0 Å². The first kappa shape index (κ1) is 29.6. The Bertz CT molecular complexity index is 1460. The molecule has 5 rings (SSSR count). The van der Waals surface area contributed by atoms with Crippen molar-refractivity contribution >= 4 is 96.8 Å². The SMILES string of the molecule is O=C1NC(C(=O)NCCCNc2nc(Nc3cccc(N4C(=O)CN(C(=O)C5CSC(=O)N5)C4=O)c3)ncc2Br)CS1. The van der Waals surface area contributed by atoms with Gasteiger partial charge in [0.1, 0.15) is 24.4 Å². The van der Waals surface area contributed by atoms with E-state index < -0.39 is 36.5 Å². The van der Waals surface area contributed by atoms with E-state index in [2.05, 4.69) is 52.5 Å². The van der Waals surface area contributed by atoms with Crippen LogP contribution in [0, 0.1) is 0 Å². The minimum Gasteiger partial charge on any atom is -0.369 e. The molecule has 4 heterocycles. The van der Waals surface area contributed by atoms with Crippen molar-refractivity contribution < 1.29 is 28.8 Å². The first-order chi connectivity index (χ1) is 20.2. The highest BCUT2D eigenvalue weighted by atomic mass is 79.9. The van der Waals surface area contributed by atoms with Crippen molar-refractivity contribution in [2.24, 2.45) is 0 Å². The molecule has 2 atom stereocenters. The van der Waals surface area contributed by atoms with Crippen molar-refractivity contribution in [1.29, 1.82) is 0 Å². The van der Waals surface area contributed by atoms with Gasteiger partial charge < -0.3 is 26.6 Å². The summed E-state index contributed by atoms with van der Waals surface area (Å²) < 4.78 is 0.617. The maximum absolute atomic E-state index is 13.0. The summed E-state index contributed by atoms with van der Waals surface area (Å²) in [4.78, 5) is 83.7. The topological polar surface area (TPSA) is 195 Å². The van der Waals surface area contributed by atoms with E-state index in [-0.39, 0.29) is 33.8 Å².